The van der Waals surface area contributed by atoms with Crippen molar-refractivity contribution in [3.8, 4) is 0 Å². The van der Waals surface area contributed by atoms with Gasteiger partial charge < -0.3 is 10.4 Å². The summed E-state index contributed by atoms with van der Waals surface area (Å²) in [5.41, 5.74) is 0.216. The summed E-state index contributed by atoms with van der Waals surface area (Å²) >= 11 is 5.72. The second kappa shape index (κ2) is 5.12. The summed E-state index contributed by atoms with van der Waals surface area (Å²) < 4.78 is 24.7. The Bertz CT molecular complexity index is 307. The van der Waals surface area contributed by atoms with Gasteiger partial charge >= 0.3 is 0 Å². The minimum atomic E-state index is -2.58. The number of aliphatic hydroxyl groups excluding tert-OH is 1. The molecule has 0 atom stereocenters. The van der Waals surface area contributed by atoms with Crippen LogP contribution in [0.2, 0.25) is 5.02 Å². The predicted octanol–water partition coefficient (Wildman–Crippen LogP) is 2.68. The highest BCUT2D eigenvalue weighted by atomic mass is 35.5. The molecule has 2 N–H and O–H groups in total. The topological polar surface area (TPSA) is 32.3 Å². The number of nitrogens with one attached hydrogen (secondary N) is 1. The smallest absolute Gasteiger partial charge is 0.265 e. The normalized spacial score (nSPS) is 10.6. The summed E-state index contributed by atoms with van der Waals surface area (Å²) in [7, 11) is 0. The van der Waals surface area contributed by atoms with Crippen LogP contribution in [-0.2, 0) is 0 Å². The van der Waals surface area contributed by atoms with E-state index in [-0.39, 0.29) is 23.7 Å². The molecule has 0 aromatic heterocycles. The van der Waals surface area contributed by atoms with E-state index in [2.05, 4.69) is 5.32 Å². The maximum Gasteiger partial charge on any atom is 0.265 e. The molecule has 0 fully saturated rings. The minimum absolute atomic E-state index is 0.0101. The second-order valence-electron chi connectivity index (χ2n) is 2.66. The number of benzene rings is 1. The lowest BCUT2D eigenvalue weighted by Crippen LogP contribution is -2.06. The Kier molecular flexibility index (Phi) is 4.10. The maximum absolute atomic E-state index is 12.4. The molecule has 1 rings (SSSR count). The predicted molar refractivity (Wildman–Crippen MR) is 52.0 cm³/mol. The average molecular weight is 222 g/mol. The molecule has 78 valence electrons. The van der Waals surface area contributed by atoms with Crippen molar-refractivity contribution in [2.45, 2.75) is 6.43 Å². The second-order valence-corrected chi connectivity index (χ2v) is 3.04. The SMILES string of the molecule is OCCNc1cccc(C(F)F)c1Cl. The van der Waals surface area contributed by atoms with Crippen molar-refractivity contribution < 1.29 is 13.9 Å². The fraction of sp³-hybridized carbons (Fsp3) is 0.333. The molecule has 0 saturated heterocycles. The van der Waals surface area contributed by atoms with E-state index in [1.807, 2.05) is 0 Å². The lowest BCUT2D eigenvalue weighted by Gasteiger charge is -2.10. The molecule has 0 amide bonds. The fourth-order valence-electron chi connectivity index (χ4n) is 1.05. The Morgan fingerprint density at radius 1 is 1.43 bits per heavy atom. The number of halogens is 3. The first-order valence-corrected chi connectivity index (χ1v) is 4.46. The molecule has 1 aromatic rings. The molecule has 14 heavy (non-hydrogen) atoms. The van der Waals surface area contributed by atoms with Crippen LogP contribution in [0.3, 0.4) is 0 Å². The lowest BCUT2D eigenvalue weighted by molar-refractivity contribution is 0.151. The van der Waals surface area contributed by atoms with E-state index in [0.717, 1.165) is 0 Å². The summed E-state index contributed by atoms with van der Waals surface area (Å²) in [6.07, 6.45) is -2.58. The van der Waals surface area contributed by atoms with Crippen LogP contribution in [0.1, 0.15) is 12.0 Å². The number of hydrogen-bond acceptors (Lipinski definition) is 2. The molecule has 0 aliphatic rings. The van der Waals surface area contributed by atoms with Crippen LogP contribution < -0.4 is 5.32 Å². The third-order valence-electron chi connectivity index (χ3n) is 1.69. The van der Waals surface area contributed by atoms with Gasteiger partial charge in [0, 0.05) is 12.1 Å². The lowest BCUT2D eigenvalue weighted by atomic mass is 10.2. The molecule has 0 aliphatic heterocycles. The Morgan fingerprint density at radius 2 is 2.14 bits per heavy atom. The molecule has 1 aromatic carbocycles. The molecule has 0 saturated carbocycles. The fourth-order valence-corrected chi connectivity index (χ4v) is 1.32. The van der Waals surface area contributed by atoms with Gasteiger partial charge in [-0.25, -0.2) is 8.78 Å². The first kappa shape index (κ1) is 11.2. The third kappa shape index (κ3) is 2.56. The van der Waals surface area contributed by atoms with E-state index in [9.17, 15) is 8.78 Å². The van der Waals surface area contributed by atoms with Crippen molar-refractivity contribution in [1.82, 2.24) is 0 Å². The van der Waals surface area contributed by atoms with Crippen molar-refractivity contribution in [2.75, 3.05) is 18.5 Å². The van der Waals surface area contributed by atoms with Crippen molar-refractivity contribution in [3.05, 3.63) is 28.8 Å². The van der Waals surface area contributed by atoms with Gasteiger partial charge in [-0.05, 0) is 6.07 Å². The number of rotatable bonds is 4. The molecule has 0 radical (unpaired) electrons. The molecular weight excluding hydrogens is 212 g/mol. The van der Waals surface area contributed by atoms with Crippen LogP contribution in [0.4, 0.5) is 14.5 Å². The molecule has 2 nitrogen and oxygen atoms in total. The van der Waals surface area contributed by atoms with E-state index in [1.54, 1.807) is 6.07 Å². The number of anilines is 1. The zero-order valence-electron chi connectivity index (χ0n) is 7.30. The standard InChI is InChI=1S/C9H10ClF2NO/c10-8-6(9(11)12)2-1-3-7(8)13-4-5-14/h1-3,9,13-14H,4-5H2. The van der Waals surface area contributed by atoms with Crippen LogP contribution in [0.25, 0.3) is 0 Å². The van der Waals surface area contributed by atoms with Gasteiger partial charge in [0.05, 0.1) is 17.3 Å². The van der Waals surface area contributed by atoms with Gasteiger partial charge in [-0.15, -0.1) is 0 Å². The highest BCUT2D eigenvalue weighted by molar-refractivity contribution is 6.34. The summed E-state index contributed by atoms with van der Waals surface area (Å²) in [4.78, 5) is 0. The minimum Gasteiger partial charge on any atom is -0.395 e. The Morgan fingerprint density at radius 3 is 2.71 bits per heavy atom. The van der Waals surface area contributed by atoms with E-state index in [0.29, 0.717) is 5.69 Å². The zero-order valence-corrected chi connectivity index (χ0v) is 8.06. The number of alkyl halides is 2. The maximum atomic E-state index is 12.4. The molecular formula is C9H10ClF2NO. The van der Waals surface area contributed by atoms with Crippen molar-refractivity contribution >= 4 is 17.3 Å². The van der Waals surface area contributed by atoms with Gasteiger partial charge in [0.15, 0.2) is 0 Å². The van der Waals surface area contributed by atoms with E-state index < -0.39 is 6.43 Å². The Hall–Kier alpha value is -0.870. The highest BCUT2D eigenvalue weighted by Crippen LogP contribution is 2.32. The molecule has 0 bridgehead atoms. The van der Waals surface area contributed by atoms with Crippen molar-refractivity contribution in [1.29, 1.82) is 0 Å². The Labute approximate surface area is 85.5 Å². The monoisotopic (exact) mass is 221 g/mol. The van der Waals surface area contributed by atoms with Gasteiger partial charge in [-0.1, -0.05) is 23.7 Å². The first-order valence-electron chi connectivity index (χ1n) is 4.08. The Balaban J connectivity index is 2.89. The first-order chi connectivity index (χ1) is 6.66. The van der Waals surface area contributed by atoms with Gasteiger partial charge in [0.2, 0.25) is 0 Å². The largest absolute Gasteiger partial charge is 0.395 e. The molecule has 0 heterocycles. The number of hydrogen-bond donors (Lipinski definition) is 2. The van der Waals surface area contributed by atoms with E-state index >= 15 is 0 Å². The van der Waals surface area contributed by atoms with Crippen LogP contribution in [0.15, 0.2) is 18.2 Å². The van der Waals surface area contributed by atoms with Gasteiger partial charge in [-0.2, -0.15) is 0 Å². The molecule has 0 spiro atoms. The summed E-state index contributed by atoms with van der Waals surface area (Å²) in [6, 6.07) is 4.36. The van der Waals surface area contributed by atoms with E-state index in [1.165, 1.54) is 12.1 Å². The summed E-state index contributed by atoms with van der Waals surface area (Å²) in [5.74, 6) is 0. The van der Waals surface area contributed by atoms with Gasteiger partial charge in [0.1, 0.15) is 0 Å². The number of aliphatic hydroxyl groups is 1. The van der Waals surface area contributed by atoms with Crippen LogP contribution >= 0.6 is 11.6 Å². The van der Waals surface area contributed by atoms with Crippen molar-refractivity contribution in [2.24, 2.45) is 0 Å². The highest BCUT2D eigenvalue weighted by Gasteiger charge is 2.13. The van der Waals surface area contributed by atoms with Crippen molar-refractivity contribution in [3.63, 3.8) is 0 Å². The molecule has 5 heteroatoms. The van der Waals surface area contributed by atoms with Gasteiger partial charge in [-0.3, -0.25) is 0 Å². The summed E-state index contributed by atoms with van der Waals surface area (Å²) in [5, 5.41) is 11.3. The molecule has 0 aliphatic carbocycles. The quantitative estimate of drug-likeness (QED) is 0.819. The summed E-state index contributed by atoms with van der Waals surface area (Å²) in [6.45, 7) is 0.210. The van der Waals surface area contributed by atoms with Crippen LogP contribution in [0, 0.1) is 0 Å². The molecule has 0 unspecified atom stereocenters. The van der Waals surface area contributed by atoms with E-state index in [4.69, 9.17) is 16.7 Å². The van der Waals surface area contributed by atoms with Crippen LogP contribution in [0.5, 0.6) is 0 Å². The third-order valence-corrected chi connectivity index (χ3v) is 2.11. The van der Waals surface area contributed by atoms with Crippen LogP contribution in [-0.4, -0.2) is 18.3 Å². The average Bonchev–Trinajstić information content (AvgIpc) is 2.16. The zero-order chi connectivity index (χ0) is 10.6. The van der Waals surface area contributed by atoms with Gasteiger partial charge in [0.25, 0.3) is 6.43 Å².